The Balaban J connectivity index is 3.67. The van der Waals surface area contributed by atoms with Gasteiger partial charge < -0.3 is 14.9 Å². The summed E-state index contributed by atoms with van der Waals surface area (Å²) in [5.41, 5.74) is -0.937. The second-order valence-electron chi connectivity index (χ2n) is 11.5. The number of esters is 1. The molecule has 0 spiro atoms. The van der Waals surface area contributed by atoms with Crippen LogP contribution in [0.4, 0.5) is 0 Å². The molecule has 2 unspecified atom stereocenters. The molecule has 0 aromatic rings. The molecule has 0 aliphatic heterocycles. The van der Waals surface area contributed by atoms with E-state index in [-0.39, 0.29) is 12.6 Å². The monoisotopic (exact) mass is 526 g/mol. The molecule has 0 aromatic carbocycles. The topological polar surface area (TPSA) is 66.8 Å². The lowest BCUT2D eigenvalue weighted by molar-refractivity contribution is -0.180. The molecular weight excluding hydrogens is 460 g/mol. The van der Waals surface area contributed by atoms with E-state index < -0.39 is 11.7 Å². The minimum absolute atomic E-state index is 0.225. The molecule has 2 atom stereocenters. The van der Waals surface area contributed by atoms with Crippen LogP contribution < -0.4 is 0 Å². The molecule has 0 amide bonds. The van der Waals surface area contributed by atoms with Gasteiger partial charge in [-0.1, -0.05) is 156 Å². The van der Waals surface area contributed by atoms with E-state index in [1.54, 1.807) is 0 Å². The zero-order chi connectivity index (χ0) is 27.5. The van der Waals surface area contributed by atoms with E-state index in [2.05, 4.69) is 13.8 Å². The lowest BCUT2D eigenvalue weighted by Crippen LogP contribution is -2.48. The second kappa shape index (κ2) is 27.0. The highest BCUT2D eigenvalue weighted by Gasteiger charge is 2.39. The van der Waals surface area contributed by atoms with Crippen molar-refractivity contribution < 1.29 is 19.7 Å². The Kier molecular flexibility index (Phi) is 26.5. The van der Waals surface area contributed by atoms with Crippen LogP contribution in [0.2, 0.25) is 0 Å². The van der Waals surface area contributed by atoms with Gasteiger partial charge in [-0.15, -0.1) is 0 Å². The first-order valence-electron chi connectivity index (χ1n) is 16.6. The number of rotatable bonds is 29. The zero-order valence-corrected chi connectivity index (χ0v) is 25.4. The van der Waals surface area contributed by atoms with Crippen LogP contribution >= 0.6 is 0 Å². The molecule has 0 aliphatic rings. The van der Waals surface area contributed by atoms with E-state index in [0.29, 0.717) is 19.3 Å². The van der Waals surface area contributed by atoms with Crippen molar-refractivity contribution in [3.05, 3.63) is 0 Å². The van der Waals surface area contributed by atoms with Crippen molar-refractivity contribution in [1.82, 2.24) is 0 Å². The molecule has 0 radical (unpaired) electrons. The molecule has 0 fully saturated rings. The number of carbonyl (C=O) groups is 1. The van der Waals surface area contributed by atoms with Gasteiger partial charge in [0.05, 0.1) is 6.61 Å². The van der Waals surface area contributed by atoms with Crippen molar-refractivity contribution in [3.8, 4) is 0 Å². The number of carbonyl (C=O) groups excluding carboxylic acids is 1. The number of unbranched alkanes of at least 4 members (excludes halogenated alkanes) is 21. The minimum Gasteiger partial charge on any atom is -0.456 e. The summed E-state index contributed by atoms with van der Waals surface area (Å²) in [5.74, 6) is -0.225. The maximum Gasteiger partial charge on any atom is 0.306 e. The van der Waals surface area contributed by atoms with Gasteiger partial charge in [-0.2, -0.15) is 0 Å². The van der Waals surface area contributed by atoms with Crippen molar-refractivity contribution in [2.24, 2.45) is 0 Å². The molecule has 0 aromatic heterocycles. The summed E-state index contributed by atoms with van der Waals surface area (Å²) in [6.45, 7) is 6.01. The summed E-state index contributed by atoms with van der Waals surface area (Å²) in [6.07, 6.45) is 30.2. The second-order valence-corrected chi connectivity index (χ2v) is 11.5. The van der Waals surface area contributed by atoms with Gasteiger partial charge in [0.25, 0.3) is 0 Å². The van der Waals surface area contributed by atoms with Crippen LogP contribution in [0.5, 0.6) is 0 Å². The maximum atomic E-state index is 12.5. The largest absolute Gasteiger partial charge is 0.456 e. The minimum atomic E-state index is -1.01. The molecule has 0 aliphatic carbocycles. The molecule has 222 valence electrons. The highest BCUT2D eigenvalue weighted by molar-refractivity contribution is 5.70. The SMILES string of the molecule is CCCCCCCCCCCCCCCCCCCCCC(=O)OC(CC)(CCCCCC)C(O)CO. The van der Waals surface area contributed by atoms with Crippen molar-refractivity contribution in [3.63, 3.8) is 0 Å². The van der Waals surface area contributed by atoms with Crippen molar-refractivity contribution in [1.29, 1.82) is 0 Å². The standard InChI is InChI=1S/C33H66O4/c1-4-7-9-11-12-13-14-15-16-17-18-19-20-21-22-23-24-25-26-28-32(36)37-33(6-3,31(35)30-34)29-27-10-8-5-2/h31,34-35H,4-30H2,1-3H3. The van der Waals surface area contributed by atoms with Gasteiger partial charge in [-0.05, 0) is 25.7 Å². The number of ether oxygens (including phenoxy) is 1. The van der Waals surface area contributed by atoms with E-state index in [1.807, 2.05) is 6.92 Å². The van der Waals surface area contributed by atoms with Crippen LogP contribution in [-0.2, 0) is 9.53 Å². The predicted molar refractivity (Wildman–Crippen MR) is 159 cm³/mol. The third-order valence-corrected chi connectivity index (χ3v) is 8.13. The fraction of sp³-hybridized carbons (Fsp3) is 0.970. The Morgan fingerprint density at radius 3 is 1.30 bits per heavy atom. The fourth-order valence-electron chi connectivity index (χ4n) is 5.41. The Bertz CT molecular complexity index is 481. The Labute approximate surface area is 231 Å². The van der Waals surface area contributed by atoms with E-state index in [4.69, 9.17) is 4.74 Å². The first-order valence-corrected chi connectivity index (χ1v) is 16.6. The smallest absolute Gasteiger partial charge is 0.306 e. The van der Waals surface area contributed by atoms with E-state index in [0.717, 1.165) is 38.5 Å². The normalized spacial score (nSPS) is 14.0. The molecule has 4 nitrogen and oxygen atoms in total. The van der Waals surface area contributed by atoms with Crippen molar-refractivity contribution >= 4 is 5.97 Å². The quantitative estimate of drug-likeness (QED) is 0.0751. The van der Waals surface area contributed by atoms with E-state index in [1.165, 1.54) is 109 Å². The van der Waals surface area contributed by atoms with Gasteiger partial charge in [0, 0.05) is 6.42 Å². The van der Waals surface area contributed by atoms with Gasteiger partial charge in [0.2, 0.25) is 0 Å². The van der Waals surface area contributed by atoms with Gasteiger partial charge >= 0.3 is 5.97 Å². The molecule has 0 bridgehead atoms. The van der Waals surface area contributed by atoms with Gasteiger partial charge in [-0.25, -0.2) is 0 Å². The molecule has 2 N–H and O–H groups in total. The Morgan fingerprint density at radius 2 is 0.946 bits per heavy atom. The highest BCUT2D eigenvalue weighted by atomic mass is 16.6. The summed E-state index contributed by atoms with van der Waals surface area (Å²) >= 11 is 0. The predicted octanol–water partition coefficient (Wildman–Crippen LogP) is 9.82. The van der Waals surface area contributed by atoms with Crippen LogP contribution in [0, 0.1) is 0 Å². The first kappa shape index (κ1) is 36.4. The zero-order valence-electron chi connectivity index (χ0n) is 25.4. The van der Waals surface area contributed by atoms with Crippen LogP contribution in [0.1, 0.15) is 188 Å². The van der Waals surface area contributed by atoms with Gasteiger partial charge in [0.15, 0.2) is 0 Å². The molecule has 0 saturated heterocycles. The van der Waals surface area contributed by atoms with Gasteiger partial charge in [-0.3, -0.25) is 4.79 Å². The lowest BCUT2D eigenvalue weighted by atomic mass is 9.87. The number of hydrogen-bond donors (Lipinski definition) is 2. The molecule has 0 saturated carbocycles. The van der Waals surface area contributed by atoms with Crippen LogP contribution in [0.25, 0.3) is 0 Å². The number of hydrogen-bond acceptors (Lipinski definition) is 4. The number of aliphatic hydroxyl groups excluding tert-OH is 2. The molecule has 37 heavy (non-hydrogen) atoms. The van der Waals surface area contributed by atoms with Crippen molar-refractivity contribution in [2.45, 2.75) is 199 Å². The van der Waals surface area contributed by atoms with Crippen LogP contribution in [0.15, 0.2) is 0 Å². The summed E-state index contributed by atoms with van der Waals surface area (Å²) < 4.78 is 5.81. The molecule has 0 heterocycles. The Hall–Kier alpha value is -0.610. The lowest BCUT2D eigenvalue weighted by Gasteiger charge is -2.36. The number of aliphatic hydroxyl groups is 2. The summed E-state index contributed by atoms with van der Waals surface area (Å²) in [5, 5.41) is 19.9. The first-order chi connectivity index (χ1) is 18.1. The average Bonchev–Trinajstić information content (AvgIpc) is 2.91. The van der Waals surface area contributed by atoms with Crippen molar-refractivity contribution in [2.75, 3.05) is 6.61 Å². The summed E-state index contributed by atoms with van der Waals surface area (Å²) in [7, 11) is 0. The van der Waals surface area contributed by atoms with E-state index >= 15 is 0 Å². The van der Waals surface area contributed by atoms with Gasteiger partial charge in [0.1, 0.15) is 11.7 Å². The molecule has 0 rings (SSSR count). The molecule has 4 heteroatoms. The highest BCUT2D eigenvalue weighted by Crippen LogP contribution is 2.29. The molecular formula is C33H66O4. The van der Waals surface area contributed by atoms with Crippen LogP contribution in [-0.4, -0.2) is 34.5 Å². The summed E-state index contributed by atoms with van der Waals surface area (Å²) in [4.78, 5) is 12.5. The fourth-order valence-corrected chi connectivity index (χ4v) is 5.41. The van der Waals surface area contributed by atoms with E-state index in [9.17, 15) is 15.0 Å². The summed E-state index contributed by atoms with van der Waals surface area (Å²) in [6, 6.07) is 0. The van der Waals surface area contributed by atoms with Crippen LogP contribution in [0.3, 0.4) is 0 Å². The third kappa shape index (κ3) is 21.0. The average molecular weight is 527 g/mol. The Morgan fingerprint density at radius 1 is 0.595 bits per heavy atom. The third-order valence-electron chi connectivity index (χ3n) is 8.13. The maximum absolute atomic E-state index is 12.5.